The molecule has 0 saturated heterocycles. The summed E-state index contributed by atoms with van der Waals surface area (Å²) in [5.41, 5.74) is -0.142. The predicted octanol–water partition coefficient (Wildman–Crippen LogP) is 2.33. The van der Waals surface area contributed by atoms with Gasteiger partial charge >= 0.3 is 0 Å². The molecule has 2 N–H and O–H groups in total. The number of hydrogen-bond acceptors (Lipinski definition) is 4. The van der Waals surface area contributed by atoms with Gasteiger partial charge in [0, 0.05) is 18.3 Å². The summed E-state index contributed by atoms with van der Waals surface area (Å²) < 4.78 is 52.2. The van der Waals surface area contributed by atoms with Crippen LogP contribution in [0.5, 0.6) is 0 Å². The zero-order chi connectivity index (χ0) is 20.2. The molecule has 0 aliphatic carbocycles. The zero-order valence-corrected chi connectivity index (χ0v) is 15.3. The number of rotatable bonds is 6. The van der Waals surface area contributed by atoms with Crippen molar-refractivity contribution in [1.29, 1.82) is 0 Å². The van der Waals surface area contributed by atoms with E-state index in [9.17, 15) is 26.8 Å². The van der Waals surface area contributed by atoms with Gasteiger partial charge in [0.25, 0.3) is 0 Å². The lowest BCUT2D eigenvalue weighted by Crippen LogP contribution is -2.38. The van der Waals surface area contributed by atoms with E-state index in [1.54, 1.807) is 12.1 Å². The average molecular weight is 397 g/mol. The second-order valence-electron chi connectivity index (χ2n) is 5.65. The Kier molecular flexibility index (Phi) is 6.11. The summed E-state index contributed by atoms with van der Waals surface area (Å²) in [6.45, 7) is 0.485. The second kappa shape index (κ2) is 8.12. The molecule has 0 spiro atoms. The lowest BCUT2D eigenvalue weighted by atomic mass is 10.2. The molecule has 144 valence electrons. The Balaban J connectivity index is 2.24. The highest BCUT2D eigenvalue weighted by atomic mass is 32.2. The van der Waals surface area contributed by atoms with E-state index < -0.39 is 39.8 Å². The Morgan fingerprint density at radius 3 is 2.04 bits per heavy atom. The third kappa shape index (κ3) is 5.48. The number of carbonyl (C=O) groups is 2. The minimum Gasteiger partial charge on any atom is -0.326 e. The van der Waals surface area contributed by atoms with Gasteiger partial charge < -0.3 is 10.6 Å². The number of hydrogen-bond donors (Lipinski definition) is 2. The van der Waals surface area contributed by atoms with E-state index >= 15 is 0 Å². The molecule has 2 amide bonds. The first-order valence-electron chi connectivity index (χ1n) is 7.67. The van der Waals surface area contributed by atoms with Crippen LogP contribution >= 0.6 is 0 Å². The van der Waals surface area contributed by atoms with Crippen LogP contribution in [0.15, 0.2) is 42.5 Å². The molecule has 2 rings (SSSR count). The first-order chi connectivity index (χ1) is 12.6. The van der Waals surface area contributed by atoms with Crippen LogP contribution < -0.4 is 14.9 Å². The van der Waals surface area contributed by atoms with Crippen LogP contribution in [0.1, 0.15) is 6.92 Å². The fourth-order valence-electron chi connectivity index (χ4n) is 2.30. The van der Waals surface area contributed by atoms with Crippen LogP contribution in [0.4, 0.5) is 25.8 Å². The Morgan fingerprint density at radius 2 is 1.52 bits per heavy atom. The minimum atomic E-state index is -4.14. The lowest BCUT2D eigenvalue weighted by Gasteiger charge is -2.22. The van der Waals surface area contributed by atoms with Gasteiger partial charge in [0.1, 0.15) is 12.2 Å². The van der Waals surface area contributed by atoms with Crippen molar-refractivity contribution in [3.63, 3.8) is 0 Å². The molecule has 0 unspecified atom stereocenters. The first-order valence-corrected chi connectivity index (χ1v) is 9.52. The molecule has 2 aromatic rings. The van der Waals surface area contributed by atoms with Crippen molar-refractivity contribution < 1.29 is 26.8 Å². The monoisotopic (exact) mass is 397 g/mol. The second-order valence-corrected chi connectivity index (χ2v) is 7.56. The molecular weight excluding hydrogens is 380 g/mol. The molecule has 0 saturated carbocycles. The first kappa shape index (κ1) is 20.3. The average Bonchev–Trinajstić information content (AvgIpc) is 2.52. The molecule has 10 heteroatoms. The number of sulfonamides is 1. The Labute approximate surface area is 155 Å². The van der Waals surface area contributed by atoms with Gasteiger partial charge in [0.05, 0.1) is 6.26 Å². The van der Waals surface area contributed by atoms with Gasteiger partial charge in [-0.1, -0.05) is 12.1 Å². The van der Waals surface area contributed by atoms with Gasteiger partial charge in [-0.15, -0.1) is 0 Å². The third-order valence-electron chi connectivity index (χ3n) is 3.34. The Morgan fingerprint density at radius 1 is 1.00 bits per heavy atom. The fraction of sp³-hybridized carbons (Fsp3) is 0.176. The summed E-state index contributed by atoms with van der Waals surface area (Å²) in [5.74, 6) is -3.35. The quantitative estimate of drug-likeness (QED) is 0.782. The fourth-order valence-corrected chi connectivity index (χ4v) is 3.16. The normalized spacial score (nSPS) is 11.0. The van der Waals surface area contributed by atoms with Crippen molar-refractivity contribution in [2.45, 2.75) is 6.92 Å². The summed E-state index contributed by atoms with van der Waals surface area (Å²) in [5, 5.41) is 4.95. The summed E-state index contributed by atoms with van der Waals surface area (Å²) >= 11 is 0. The number of para-hydroxylation sites is 1. The van der Waals surface area contributed by atoms with Gasteiger partial charge in [-0.3, -0.25) is 13.9 Å². The Bertz CT molecular complexity index is 960. The van der Waals surface area contributed by atoms with Crippen molar-refractivity contribution in [2.75, 3.05) is 27.7 Å². The van der Waals surface area contributed by atoms with Crippen LogP contribution in [0.25, 0.3) is 0 Å². The van der Waals surface area contributed by atoms with Gasteiger partial charge in [0.2, 0.25) is 21.8 Å². The number of benzene rings is 2. The molecule has 2 aromatic carbocycles. The highest BCUT2D eigenvalue weighted by molar-refractivity contribution is 7.92. The third-order valence-corrected chi connectivity index (χ3v) is 4.45. The van der Waals surface area contributed by atoms with E-state index in [2.05, 4.69) is 10.6 Å². The van der Waals surface area contributed by atoms with Crippen molar-refractivity contribution >= 4 is 38.9 Å². The topological polar surface area (TPSA) is 95.6 Å². The minimum absolute atomic E-state index is 0.272. The van der Waals surface area contributed by atoms with Crippen molar-refractivity contribution in [1.82, 2.24) is 0 Å². The smallest absolute Gasteiger partial charge is 0.245 e. The maximum atomic E-state index is 14.0. The van der Waals surface area contributed by atoms with Crippen LogP contribution in [-0.2, 0) is 19.6 Å². The van der Waals surface area contributed by atoms with Crippen molar-refractivity contribution in [3.8, 4) is 0 Å². The molecule has 7 nitrogen and oxygen atoms in total. The van der Waals surface area contributed by atoms with E-state index in [0.29, 0.717) is 9.99 Å². The molecule has 0 atom stereocenters. The Hall–Kier alpha value is -3.01. The molecular formula is C17H17F2N3O4S. The standard InChI is InChI=1S/C17H17F2N3O4S/c1-11(23)20-12-5-3-6-13(9-12)21-16(24)10-22(27(2,25)26)17-14(18)7-4-8-15(17)19/h3-9H,10H2,1-2H3,(H,20,23)(H,21,24). The van der Waals surface area contributed by atoms with Crippen LogP contribution in [-0.4, -0.2) is 33.0 Å². The molecule has 0 aromatic heterocycles. The van der Waals surface area contributed by atoms with Crippen LogP contribution in [0, 0.1) is 11.6 Å². The highest BCUT2D eigenvalue weighted by Gasteiger charge is 2.26. The van der Waals surface area contributed by atoms with Crippen molar-refractivity contribution in [3.05, 3.63) is 54.1 Å². The summed E-state index contributed by atoms with van der Waals surface area (Å²) in [6, 6.07) is 8.99. The maximum Gasteiger partial charge on any atom is 0.245 e. The summed E-state index contributed by atoms with van der Waals surface area (Å²) in [4.78, 5) is 23.3. The van der Waals surface area contributed by atoms with Gasteiger partial charge in [-0.25, -0.2) is 17.2 Å². The molecule has 0 bridgehead atoms. The van der Waals surface area contributed by atoms with E-state index in [4.69, 9.17) is 0 Å². The predicted molar refractivity (Wildman–Crippen MR) is 97.9 cm³/mol. The van der Waals surface area contributed by atoms with E-state index in [1.807, 2.05) is 0 Å². The number of amides is 2. The molecule has 27 heavy (non-hydrogen) atoms. The SMILES string of the molecule is CC(=O)Nc1cccc(NC(=O)CN(c2c(F)cccc2F)S(C)(=O)=O)c1. The van der Waals surface area contributed by atoms with E-state index in [1.165, 1.54) is 19.1 Å². The molecule has 0 radical (unpaired) electrons. The van der Waals surface area contributed by atoms with Crippen molar-refractivity contribution in [2.24, 2.45) is 0 Å². The number of anilines is 3. The van der Waals surface area contributed by atoms with Gasteiger partial charge in [-0.05, 0) is 30.3 Å². The van der Waals surface area contributed by atoms with E-state index in [0.717, 1.165) is 24.5 Å². The number of halogens is 2. The van der Waals surface area contributed by atoms with Gasteiger partial charge in [-0.2, -0.15) is 0 Å². The molecule has 0 aliphatic heterocycles. The molecule has 0 heterocycles. The molecule has 0 aliphatic rings. The highest BCUT2D eigenvalue weighted by Crippen LogP contribution is 2.25. The zero-order valence-electron chi connectivity index (χ0n) is 14.5. The van der Waals surface area contributed by atoms with Gasteiger partial charge in [0.15, 0.2) is 11.6 Å². The van der Waals surface area contributed by atoms with Crippen LogP contribution in [0.3, 0.4) is 0 Å². The maximum absolute atomic E-state index is 14.0. The molecule has 0 fully saturated rings. The number of nitrogens with zero attached hydrogens (tertiary/aromatic N) is 1. The largest absolute Gasteiger partial charge is 0.326 e. The number of nitrogens with one attached hydrogen (secondary N) is 2. The lowest BCUT2D eigenvalue weighted by molar-refractivity contribution is -0.115. The van der Waals surface area contributed by atoms with E-state index in [-0.39, 0.29) is 11.6 Å². The van der Waals surface area contributed by atoms with Crippen LogP contribution in [0.2, 0.25) is 0 Å². The number of carbonyl (C=O) groups excluding carboxylic acids is 2. The summed E-state index contributed by atoms with van der Waals surface area (Å²) in [7, 11) is -4.14. The summed E-state index contributed by atoms with van der Waals surface area (Å²) in [6.07, 6.45) is 0.740.